The molecule has 0 radical (unpaired) electrons. The van der Waals surface area contributed by atoms with E-state index in [-0.39, 0.29) is 12.1 Å². The average molecular weight is 419 g/mol. The van der Waals surface area contributed by atoms with Crippen molar-refractivity contribution in [2.45, 2.75) is 32.4 Å². The molecule has 2 fully saturated rings. The van der Waals surface area contributed by atoms with E-state index in [0.29, 0.717) is 11.6 Å². The molecule has 2 aliphatic rings. The summed E-state index contributed by atoms with van der Waals surface area (Å²) in [6.07, 6.45) is 6.79. The normalized spacial score (nSPS) is 19.8. The third-order valence-corrected chi connectivity index (χ3v) is 6.32. The summed E-state index contributed by atoms with van der Waals surface area (Å²) < 4.78 is 12.5. The molecule has 31 heavy (non-hydrogen) atoms. The smallest absolute Gasteiger partial charge is 0.338 e. The summed E-state index contributed by atoms with van der Waals surface area (Å²) in [7, 11) is 3.30. The van der Waals surface area contributed by atoms with E-state index < -0.39 is 0 Å². The predicted octanol–water partition coefficient (Wildman–Crippen LogP) is 2.93. The lowest BCUT2D eigenvalue weighted by Gasteiger charge is -2.26. The highest BCUT2D eigenvalue weighted by atomic mass is 16.5. The van der Waals surface area contributed by atoms with Gasteiger partial charge in [-0.15, -0.1) is 0 Å². The summed E-state index contributed by atoms with van der Waals surface area (Å²) in [5, 5.41) is 4.37. The lowest BCUT2D eigenvalue weighted by atomic mass is 9.93. The first kappa shape index (κ1) is 19.7. The van der Waals surface area contributed by atoms with E-state index in [2.05, 4.69) is 26.0 Å². The Bertz CT molecular complexity index is 1140. The maximum absolute atomic E-state index is 12.5. The van der Waals surface area contributed by atoms with Crippen molar-refractivity contribution in [3.8, 4) is 22.4 Å². The largest absolute Gasteiger partial charge is 0.465 e. The number of aromatic nitrogens is 4. The van der Waals surface area contributed by atoms with Crippen LogP contribution in [0.3, 0.4) is 0 Å². The van der Waals surface area contributed by atoms with Crippen molar-refractivity contribution >= 4 is 11.9 Å². The molecule has 2 aromatic heterocycles. The molecule has 0 N–H and O–H groups in total. The molecule has 3 aromatic rings. The molecule has 2 aliphatic heterocycles. The van der Waals surface area contributed by atoms with Gasteiger partial charge in [0.25, 0.3) is 0 Å². The number of nitrogens with zero attached hydrogens (tertiary/aromatic N) is 5. The molecule has 2 bridgehead atoms. The number of carbonyl (C=O) groups excluding carboxylic acids is 1. The quantitative estimate of drug-likeness (QED) is 0.601. The Kier molecular flexibility index (Phi) is 4.74. The highest BCUT2D eigenvalue weighted by Gasteiger charge is 2.40. The van der Waals surface area contributed by atoms with Gasteiger partial charge in [0.15, 0.2) is 0 Å². The van der Waals surface area contributed by atoms with Crippen LogP contribution in [0.4, 0.5) is 5.95 Å². The topological polar surface area (TPSA) is 82.4 Å². The summed E-state index contributed by atoms with van der Waals surface area (Å²) in [5.41, 5.74) is 6.02. The maximum Gasteiger partial charge on any atom is 0.338 e. The van der Waals surface area contributed by atoms with Gasteiger partial charge in [0.2, 0.25) is 5.95 Å². The van der Waals surface area contributed by atoms with Gasteiger partial charge in [-0.25, -0.2) is 14.8 Å². The van der Waals surface area contributed by atoms with Crippen molar-refractivity contribution in [2.24, 2.45) is 7.05 Å². The molecule has 0 saturated carbocycles. The predicted molar refractivity (Wildman–Crippen MR) is 116 cm³/mol. The van der Waals surface area contributed by atoms with E-state index in [1.807, 2.05) is 50.2 Å². The number of anilines is 1. The van der Waals surface area contributed by atoms with Crippen LogP contribution in [0.2, 0.25) is 0 Å². The van der Waals surface area contributed by atoms with Gasteiger partial charge in [-0.1, -0.05) is 0 Å². The molecular weight excluding hydrogens is 394 g/mol. The first-order valence-electron chi connectivity index (χ1n) is 10.4. The van der Waals surface area contributed by atoms with Crippen LogP contribution in [0, 0.1) is 13.8 Å². The zero-order chi connectivity index (χ0) is 21.7. The summed E-state index contributed by atoms with van der Waals surface area (Å²) in [6, 6.07) is 4.27. The van der Waals surface area contributed by atoms with E-state index >= 15 is 0 Å². The Morgan fingerprint density at radius 1 is 1.16 bits per heavy atom. The molecule has 8 heteroatoms. The summed E-state index contributed by atoms with van der Waals surface area (Å²) >= 11 is 0. The van der Waals surface area contributed by atoms with E-state index in [4.69, 9.17) is 9.47 Å². The van der Waals surface area contributed by atoms with Crippen LogP contribution in [0.5, 0.6) is 0 Å². The van der Waals surface area contributed by atoms with Gasteiger partial charge in [0.05, 0.1) is 43.3 Å². The van der Waals surface area contributed by atoms with Crippen LogP contribution < -0.4 is 4.90 Å². The Morgan fingerprint density at radius 3 is 2.52 bits per heavy atom. The van der Waals surface area contributed by atoms with Gasteiger partial charge >= 0.3 is 5.97 Å². The van der Waals surface area contributed by atoms with Crippen LogP contribution in [0.25, 0.3) is 22.4 Å². The van der Waals surface area contributed by atoms with Crippen LogP contribution >= 0.6 is 0 Å². The Morgan fingerprint density at radius 2 is 1.94 bits per heavy atom. The number of esters is 1. The number of fused-ring (bicyclic) bond motifs is 2. The fourth-order valence-electron chi connectivity index (χ4n) is 4.65. The van der Waals surface area contributed by atoms with Crippen molar-refractivity contribution < 1.29 is 14.3 Å². The van der Waals surface area contributed by atoms with Crippen LogP contribution in [0.15, 0.2) is 30.7 Å². The van der Waals surface area contributed by atoms with E-state index in [1.54, 1.807) is 0 Å². The molecule has 0 unspecified atom stereocenters. The fourth-order valence-corrected chi connectivity index (χ4v) is 4.65. The number of hydrogen-bond donors (Lipinski definition) is 0. The third kappa shape index (κ3) is 3.27. The van der Waals surface area contributed by atoms with E-state index in [9.17, 15) is 4.79 Å². The van der Waals surface area contributed by atoms with Crippen molar-refractivity contribution in [1.82, 2.24) is 19.7 Å². The molecule has 1 aromatic carbocycles. The number of hydrogen-bond acceptors (Lipinski definition) is 7. The van der Waals surface area contributed by atoms with Crippen molar-refractivity contribution in [3.05, 3.63) is 47.4 Å². The van der Waals surface area contributed by atoms with Gasteiger partial charge in [-0.3, -0.25) is 4.68 Å². The Balaban J connectivity index is 1.57. The molecule has 8 nitrogen and oxygen atoms in total. The minimum absolute atomic E-state index is 0.290. The second kappa shape index (κ2) is 7.46. The Labute approximate surface area is 180 Å². The minimum Gasteiger partial charge on any atom is -0.465 e. The molecule has 4 heterocycles. The molecular formula is C23H25N5O3. The summed E-state index contributed by atoms with van der Waals surface area (Å²) in [5.74, 6) is 0.355. The molecule has 0 amide bonds. The van der Waals surface area contributed by atoms with Gasteiger partial charge in [-0.05, 0) is 49.1 Å². The SMILES string of the molecule is COC(=O)c1cc(-c2cnc(N3C[C@@H]4C[C@H]3CO4)nc2)cc(-c2c(C)cnn2C)c1C. The highest BCUT2D eigenvalue weighted by molar-refractivity contribution is 5.95. The fraction of sp³-hybridized carbons (Fsp3) is 0.391. The number of benzene rings is 1. The van der Waals surface area contributed by atoms with E-state index in [0.717, 1.165) is 59.0 Å². The minimum atomic E-state index is -0.369. The highest BCUT2D eigenvalue weighted by Crippen LogP contribution is 2.35. The molecule has 5 rings (SSSR count). The summed E-state index contributed by atoms with van der Waals surface area (Å²) in [6.45, 7) is 5.52. The second-order valence-electron chi connectivity index (χ2n) is 8.26. The maximum atomic E-state index is 12.5. The zero-order valence-electron chi connectivity index (χ0n) is 18.1. The second-order valence-corrected chi connectivity index (χ2v) is 8.26. The van der Waals surface area contributed by atoms with Gasteiger partial charge in [0.1, 0.15) is 0 Å². The van der Waals surface area contributed by atoms with Gasteiger partial charge in [0, 0.05) is 37.1 Å². The lowest BCUT2D eigenvalue weighted by Crippen LogP contribution is -2.38. The Hall–Kier alpha value is -3.26. The number of methoxy groups -OCH3 is 1. The molecule has 2 saturated heterocycles. The van der Waals surface area contributed by atoms with Crippen LogP contribution in [0.1, 0.15) is 27.9 Å². The van der Waals surface area contributed by atoms with Crippen molar-refractivity contribution in [3.63, 3.8) is 0 Å². The van der Waals surface area contributed by atoms with Crippen LogP contribution in [-0.2, 0) is 16.5 Å². The number of ether oxygens (including phenoxy) is 2. The van der Waals surface area contributed by atoms with Crippen molar-refractivity contribution in [2.75, 3.05) is 25.2 Å². The lowest BCUT2D eigenvalue weighted by molar-refractivity contribution is 0.0600. The molecule has 160 valence electrons. The number of morpholine rings is 1. The van der Waals surface area contributed by atoms with Crippen LogP contribution in [-0.4, -0.2) is 58.1 Å². The summed E-state index contributed by atoms with van der Waals surface area (Å²) in [4.78, 5) is 24.0. The monoisotopic (exact) mass is 419 g/mol. The molecule has 2 atom stereocenters. The zero-order valence-corrected chi connectivity index (χ0v) is 18.1. The van der Waals surface area contributed by atoms with Gasteiger partial charge in [-0.2, -0.15) is 5.10 Å². The van der Waals surface area contributed by atoms with Crippen molar-refractivity contribution in [1.29, 1.82) is 0 Å². The molecule has 0 spiro atoms. The average Bonchev–Trinajstić information content (AvgIpc) is 3.50. The number of aryl methyl sites for hydroxylation is 2. The molecule has 0 aliphatic carbocycles. The number of rotatable bonds is 4. The first-order chi connectivity index (χ1) is 15.0. The first-order valence-corrected chi connectivity index (χ1v) is 10.4. The van der Waals surface area contributed by atoms with E-state index in [1.165, 1.54) is 7.11 Å². The number of carbonyl (C=O) groups is 1. The standard InChI is InChI=1S/C23H25N5O3/c1-13-8-26-27(3)21(13)19-5-15(6-20(14(19)2)22(29)30-4)16-9-24-23(25-10-16)28-11-18-7-17(28)12-31-18/h5-6,8-10,17-18H,7,11-12H2,1-4H3/t17-,18-/m0/s1. The third-order valence-electron chi connectivity index (χ3n) is 6.32. The van der Waals surface area contributed by atoms with Gasteiger partial charge < -0.3 is 14.4 Å².